The summed E-state index contributed by atoms with van der Waals surface area (Å²) in [5, 5.41) is 9.36. The van der Waals surface area contributed by atoms with Crippen molar-refractivity contribution < 1.29 is 5.11 Å². The van der Waals surface area contributed by atoms with Crippen LogP contribution in [0.25, 0.3) is 23.5 Å². The Bertz CT molecular complexity index is 832. The summed E-state index contributed by atoms with van der Waals surface area (Å²) >= 11 is 0. The largest absolute Gasteiger partial charge is 0.391 e. The van der Waals surface area contributed by atoms with Gasteiger partial charge in [0.25, 0.3) is 5.56 Å². The summed E-state index contributed by atoms with van der Waals surface area (Å²) in [6.45, 7) is 9.62. The minimum absolute atomic E-state index is 0.147. The van der Waals surface area contributed by atoms with Gasteiger partial charge in [0, 0.05) is 11.1 Å². The fourth-order valence-corrected chi connectivity index (χ4v) is 2.78. The lowest BCUT2D eigenvalue weighted by Crippen LogP contribution is -2.24. The Morgan fingerprint density at radius 1 is 1.38 bits per heavy atom. The van der Waals surface area contributed by atoms with E-state index in [2.05, 4.69) is 18.1 Å². The second-order valence-electron chi connectivity index (χ2n) is 5.12. The molecule has 2 aromatic rings. The fourth-order valence-electron chi connectivity index (χ4n) is 2.78. The number of rotatable bonds is 3. The molecule has 0 saturated carbocycles. The lowest BCUT2D eigenvalue weighted by atomic mass is 10.1. The molecule has 0 radical (unpaired) electrons. The maximum atomic E-state index is 12.4. The van der Waals surface area contributed by atoms with Crippen LogP contribution in [0.1, 0.15) is 27.9 Å². The highest BCUT2D eigenvalue weighted by atomic mass is 16.3. The van der Waals surface area contributed by atoms with Gasteiger partial charge < -0.3 is 9.67 Å². The summed E-state index contributed by atoms with van der Waals surface area (Å²) in [6, 6.07) is 3.90. The third-order valence-corrected chi connectivity index (χ3v) is 3.93. The number of pyridine rings is 2. The van der Waals surface area contributed by atoms with E-state index in [1.807, 2.05) is 19.1 Å². The maximum Gasteiger partial charge on any atom is 0.257 e. The van der Waals surface area contributed by atoms with Crippen LogP contribution in [0.4, 0.5) is 0 Å². The first-order valence-corrected chi connectivity index (χ1v) is 6.74. The molecule has 1 aliphatic rings. The monoisotopic (exact) mass is 280 g/mol. The number of aromatic nitrogens is 2. The van der Waals surface area contributed by atoms with Crippen LogP contribution in [0.15, 0.2) is 30.1 Å². The van der Waals surface area contributed by atoms with Crippen molar-refractivity contribution >= 4 is 12.2 Å². The van der Waals surface area contributed by atoms with Crippen LogP contribution in [0.5, 0.6) is 0 Å². The minimum atomic E-state index is -0.245. The molecule has 0 spiro atoms. The summed E-state index contributed by atoms with van der Waals surface area (Å²) in [5.74, 6) is 0. The number of aliphatic hydroxyl groups is 1. The number of fused-ring (bicyclic) bond motifs is 3. The van der Waals surface area contributed by atoms with Gasteiger partial charge in [0.1, 0.15) is 0 Å². The van der Waals surface area contributed by atoms with Crippen molar-refractivity contribution in [3.8, 4) is 11.4 Å². The fraction of sp³-hybridized carbons (Fsp3) is 0.176. The van der Waals surface area contributed by atoms with Gasteiger partial charge in [-0.05, 0) is 36.3 Å². The normalized spacial score (nSPS) is 11.9. The van der Waals surface area contributed by atoms with E-state index in [0.29, 0.717) is 12.1 Å². The molecular weight excluding hydrogens is 264 g/mol. The van der Waals surface area contributed by atoms with Gasteiger partial charge in [-0.2, -0.15) is 0 Å². The summed E-state index contributed by atoms with van der Waals surface area (Å²) < 4.78 is 1.66. The average molecular weight is 280 g/mol. The molecule has 1 N–H and O–H groups in total. The molecule has 0 aromatic carbocycles. The van der Waals surface area contributed by atoms with Crippen molar-refractivity contribution in [2.75, 3.05) is 0 Å². The van der Waals surface area contributed by atoms with E-state index in [4.69, 9.17) is 0 Å². The number of hydrogen-bond acceptors (Lipinski definition) is 3. The van der Waals surface area contributed by atoms with Crippen molar-refractivity contribution in [3.05, 3.63) is 63.6 Å². The standard InChI is InChI=1S/C17H16N2O2/c1-4-11-7-12-8-19-15(16(12)18-14(11)5-2)6-10(3)13(9-20)17(19)21/h4-7,20H,1-2,8-9H2,3H3. The molecule has 0 bridgehead atoms. The molecule has 0 amide bonds. The van der Waals surface area contributed by atoms with E-state index >= 15 is 0 Å². The predicted octanol–water partition coefficient (Wildman–Crippen LogP) is 2.36. The van der Waals surface area contributed by atoms with Crippen molar-refractivity contribution in [2.45, 2.75) is 20.1 Å². The molecule has 21 heavy (non-hydrogen) atoms. The van der Waals surface area contributed by atoms with Gasteiger partial charge in [-0.3, -0.25) is 4.79 Å². The molecule has 3 heterocycles. The van der Waals surface area contributed by atoms with E-state index in [-0.39, 0.29) is 12.2 Å². The van der Waals surface area contributed by atoms with Gasteiger partial charge in [-0.15, -0.1) is 0 Å². The molecule has 0 saturated heterocycles. The molecule has 0 unspecified atom stereocenters. The Morgan fingerprint density at radius 3 is 2.76 bits per heavy atom. The van der Waals surface area contributed by atoms with Gasteiger partial charge in [-0.1, -0.05) is 19.2 Å². The first-order valence-electron chi connectivity index (χ1n) is 6.74. The van der Waals surface area contributed by atoms with Crippen LogP contribution in [0.3, 0.4) is 0 Å². The van der Waals surface area contributed by atoms with E-state index < -0.39 is 0 Å². The molecule has 0 fully saturated rings. The highest BCUT2D eigenvalue weighted by Gasteiger charge is 2.24. The van der Waals surface area contributed by atoms with E-state index in [9.17, 15) is 9.90 Å². The lowest BCUT2D eigenvalue weighted by Gasteiger charge is -2.08. The van der Waals surface area contributed by atoms with Gasteiger partial charge in [0.15, 0.2) is 0 Å². The Morgan fingerprint density at radius 2 is 2.14 bits per heavy atom. The number of aliphatic hydroxyl groups excluding tert-OH is 1. The Balaban J connectivity index is 2.31. The van der Waals surface area contributed by atoms with Crippen LogP contribution < -0.4 is 5.56 Å². The van der Waals surface area contributed by atoms with E-state index in [0.717, 1.165) is 33.8 Å². The van der Waals surface area contributed by atoms with Gasteiger partial charge in [0.05, 0.1) is 30.2 Å². The van der Waals surface area contributed by atoms with Crippen molar-refractivity contribution in [1.82, 2.24) is 9.55 Å². The summed E-state index contributed by atoms with van der Waals surface area (Å²) in [6.07, 6.45) is 3.42. The SMILES string of the molecule is C=Cc1cc2c(nc1C=C)-c1cc(C)c(CO)c(=O)n1C2. The lowest BCUT2D eigenvalue weighted by molar-refractivity contribution is 0.278. The molecule has 0 aliphatic carbocycles. The zero-order chi connectivity index (χ0) is 15.1. The molecule has 1 aliphatic heterocycles. The Labute approximate surface area is 122 Å². The van der Waals surface area contributed by atoms with Gasteiger partial charge in [-0.25, -0.2) is 4.98 Å². The molecule has 4 nitrogen and oxygen atoms in total. The molecule has 106 valence electrons. The third kappa shape index (κ3) is 1.87. The second-order valence-corrected chi connectivity index (χ2v) is 5.12. The minimum Gasteiger partial charge on any atom is -0.391 e. The summed E-state index contributed by atoms with van der Waals surface area (Å²) in [5.41, 5.74) is 5.34. The number of hydrogen-bond donors (Lipinski definition) is 1. The maximum absolute atomic E-state index is 12.4. The topological polar surface area (TPSA) is 55.1 Å². The first-order chi connectivity index (χ1) is 10.1. The van der Waals surface area contributed by atoms with E-state index in [1.54, 1.807) is 16.7 Å². The van der Waals surface area contributed by atoms with Crippen LogP contribution >= 0.6 is 0 Å². The van der Waals surface area contributed by atoms with Crippen LogP contribution in [0, 0.1) is 6.92 Å². The molecule has 3 rings (SSSR count). The molecule has 2 aromatic heterocycles. The summed E-state index contributed by atoms with van der Waals surface area (Å²) in [4.78, 5) is 17.0. The molecule has 0 atom stereocenters. The van der Waals surface area contributed by atoms with Gasteiger partial charge >= 0.3 is 0 Å². The molecular formula is C17H16N2O2. The zero-order valence-electron chi connectivity index (χ0n) is 11.9. The smallest absolute Gasteiger partial charge is 0.257 e. The molecule has 4 heteroatoms. The predicted molar refractivity (Wildman–Crippen MR) is 83.9 cm³/mol. The highest BCUT2D eigenvalue weighted by Crippen LogP contribution is 2.31. The van der Waals surface area contributed by atoms with Crippen LogP contribution in [0.2, 0.25) is 0 Å². The second kappa shape index (κ2) is 4.82. The van der Waals surface area contributed by atoms with Crippen molar-refractivity contribution in [2.24, 2.45) is 0 Å². The number of nitrogens with zero attached hydrogens (tertiary/aromatic N) is 2. The summed E-state index contributed by atoms with van der Waals surface area (Å²) in [7, 11) is 0. The zero-order valence-corrected chi connectivity index (χ0v) is 11.9. The van der Waals surface area contributed by atoms with Crippen molar-refractivity contribution in [1.29, 1.82) is 0 Å². The van der Waals surface area contributed by atoms with Crippen molar-refractivity contribution in [3.63, 3.8) is 0 Å². The quantitative estimate of drug-likeness (QED) is 0.801. The Kier molecular flexibility index (Phi) is 3.11. The van der Waals surface area contributed by atoms with E-state index in [1.165, 1.54) is 0 Å². The van der Waals surface area contributed by atoms with Gasteiger partial charge in [0.2, 0.25) is 0 Å². The highest BCUT2D eigenvalue weighted by molar-refractivity contribution is 5.71. The first kappa shape index (κ1) is 13.5. The third-order valence-electron chi connectivity index (χ3n) is 3.93. The van der Waals surface area contributed by atoms with Crippen LogP contribution in [-0.2, 0) is 13.2 Å². The average Bonchev–Trinajstić information content (AvgIpc) is 2.84. The number of aryl methyl sites for hydroxylation is 1. The van der Waals surface area contributed by atoms with Crippen LogP contribution in [-0.4, -0.2) is 14.7 Å². The Hall–Kier alpha value is -2.46.